The van der Waals surface area contributed by atoms with Crippen LogP contribution in [0.3, 0.4) is 0 Å². The zero-order valence-electron chi connectivity index (χ0n) is 43.7. The first-order valence-corrected chi connectivity index (χ1v) is 25.7. The van der Waals surface area contributed by atoms with Crippen LogP contribution in [0, 0.1) is 116 Å². The smallest absolute Gasteiger partial charge is 0.200 e. The number of fused-ring (bicyclic) bond motifs is 18. The van der Waals surface area contributed by atoms with E-state index in [2.05, 4.69) is 39.9 Å². The minimum atomic E-state index is -2.57. The van der Waals surface area contributed by atoms with Crippen LogP contribution in [0.4, 0.5) is 87.8 Å². The molecule has 28 heteroatoms. The molecule has 10 heterocycles. The van der Waals surface area contributed by atoms with Gasteiger partial charge in [-0.2, -0.15) is 0 Å². The van der Waals surface area contributed by atoms with Gasteiger partial charge in [0, 0.05) is 88.5 Å². The summed E-state index contributed by atoms with van der Waals surface area (Å²) < 4.78 is 313. The van der Waals surface area contributed by atoms with Crippen LogP contribution in [-0.2, 0) is 0 Å². The Labute approximate surface area is 484 Å². The Morgan fingerprint density at radius 1 is 0.156 bits per heavy atom. The van der Waals surface area contributed by atoms with Crippen LogP contribution in [0.15, 0.2) is 72.8 Å². The molecule has 0 fully saturated rings. The van der Waals surface area contributed by atoms with Crippen molar-refractivity contribution >= 4 is 90.5 Å². The van der Waals surface area contributed by atoms with Gasteiger partial charge in [0.15, 0.2) is 93.1 Å². The number of rotatable bonds is 5. The number of halogens is 20. The van der Waals surface area contributed by atoms with E-state index < -0.39 is 239 Å². The second-order valence-electron chi connectivity index (χ2n) is 20.2. The van der Waals surface area contributed by atoms with Gasteiger partial charge >= 0.3 is 0 Å². The van der Waals surface area contributed by atoms with Crippen LogP contribution >= 0.6 is 0 Å². The van der Waals surface area contributed by atoms with Gasteiger partial charge in [0.1, 0.15) is 0 Å². The van der Waals surface area contributed by atoms with Gasteiger partial charge in [-0.05, 0) is 97.1 Å². The van der Waals surface area contributed by atoms with Crippen molar-refractivity contribution in [3.63, 3.8) is 0 Å². The molecule has 12 aromatic rings. The van der Waals surface area contributed by atoms with Gasteiger partial charge in [-0.25, -0.2) is 97.8 Å². The molecule has 0 radical (unpaired) electrons. The number of nitrogens with zero attached hydrogens (tertiary/aromatic N) is 2. The topological polar surface area (TPSA) is 121 Å². The normalized spacial score (nSPS) is 12.4. The summed E-state index contributed by atoms with van der Waals surface area (Å²) in [6.07, 6.45) is 4.36. The number of hydrogen-bond acceptors (Lipinski definition) is 2. The summed E-state index contributed by atoms with van der Waals surface area (Å²) in [6.45, 7) is 0. The summed E-state index contributed by atoms with van der Waals surface area (Å²) in [6, 6.07) is 12.9. The second kappa shape index (κ2) is 20.3. The van der Waals surface area contributed by atoms with Crippen molar-refractivity contribution in [3.8, 4) is 55.6 Å². The van der Waals surface area contributed by atoms with E-state index in [4.69, 9.17) is 0 Å². The Hall–Kier alpha value is -11.1. The molecule has 14 rings (SSSR count). The standard InChI is InChI=1S/C62H22F20N8/c63-43-39(44(64)52(72)59(79)51(43)71)35-25-5-1-17(83-25)18-2-6-26(84-18)36(40-45(65)53(73)60(80)54(74)46(40)66)30-14-10-22(88-30)33(21-9-13-29(35)87-21)34-23-11-15-31(89-23)37(41-47(67)55(75)61(81)56(76)48(41)68)27-7-3-19(85-27)20-4-8-28(86-20)38(32-16-12-24(34)90-32)42-49(69)57(77)62(82)58(78)50(42)70/h1-16,83,85,87-90H. The molecule has 8 aromatic heterocycles. The third-order valence-electron chi connectivity index (χ3n) is 15.2. The largest absolute Gasteiger partial charge is 0.354 e. The number of aromatic nitrogens is 8. The fourth-order valence-corrected chi connectivity index (χ4v) is 11.2. The molecular weight excluding hydrogens is 1240 g/mol. The number of nitrogens with one attached hydrogen (secondary N) is 6. The van der Waals surface area contributed by atoms with Gasteiger partial charge in [0.2, 0.25) is 23.3 Å². The van der Waals surface area contributed by atoms with Crippen LogP contribution in [0.25, 0.3) is 146 Å². The van der Waals surface area contributed by atoms with Crippen molar-refractivity contribution < 1.29 is 87.8 Å². The highest BCUT2D eigenvalue weighted by Crippen LogP contribution is 2.45. The van der Waals surface area contributed by atoms with E-state index in [1.807, 2.05) is 0 Å². The van der Waals surface area contributed by atoms with Gasteiger partial charge in [0.25, 0.3) is 0 Å². The third kappa shape index (κ3) is 8.18. The highest BCUT2D eigenvalue weighted by atomic mass is 19.2. The maximum Gasteiger partial charge on any atom is 0.200 e. The highest BCUT2D eigenvalue weighted by molar-refractivity contribution is 6.09. The Kier molecular flexibility index (Phi) is 12.8. The zero-order valence-corrected chi connectivity index (χ0v) is 43.7. The number of H-pyrrole nitrogens is 6. The quantitative estimate of drug-likeness (QED) is 0.0584. The lowest BCUT2D eigenvalue weighted by Crippen LogP contribution is -2.05. The molecule has 0 saturated heterocycles. The average molecular weight is 1260 g/mol. The molecule has 0 spiro atoms. The van der Waals surface area contributed by atoms with E-state index in [-0.39, 0.29) is 22.4 Å². The molecule has 2 aliphatic heterocycles. The summed E-state index contributed by atoms with van der Waals surface area (Å²) in [7, 11) is 0. The molecule has 0 unspecified atom stereocenters. The van der Waals surface area contributed by atoms with E-state index in [0.717, 1.165) is 85.0 Å². The first-order valence-electron chi connectivity index (χ1n) is 25.7. The molecule has 450 valence electrons. The average Bonchev–Trinajstić information content (AvgIpc) is 1.51. The second-order valence-corrected chi connectivity index (χ2v) is 20.2. The molecule has 0 saturated carbocycles. The van der Waals surface area contributed by atoms with Gasteiger partial charge in [-0.1, -0.05) is 0 Å². The number of benzene rings is 4. The fraction of sp³-hybridized carbons (Fsp3) is 0. The van der Waals surface area contributed by atoms with Gasteiger partial charge in [0.05, 0.1) is 56.1 Å². The van der Waals surface area contributed by atoms with Crippen LogP contribution < -0.4 is 0 Å². The lowest BCUT2D eigenvalue weighted by molar-refractivity contribution is 0.381. The van der Waals surface area contributed by atoms with Crippen LogP contribution in [0.5, 0.6) is 0 Å². The maximum atomic E-state index is 16.3. The van der Waals surface area contributed by atoms with E-state index in [1.165, 1.54) is 12.1 Å². The van der Waals surface area contributed by atoms with Crippen molar-refractivity contribution in [1.82, 2.24) is 39.9 Å². The molecule has 90 heavy (non-hydrogen) atoms. The van der Waals surface area contributed by atoms with Gasteiger partial charge < -0.3 is 29.9 Å². The zero-order chi connectivity index (χ0) is 63.5. The van der Waals surface area contributed by atoms with Crippen molar-refractivity contribution in [2.24, 2.45) is 0 Å². The van der Waals surface area contributed by atoms with Crippen molar-refractivity contribution in [3.05, 3.63) is 212 Å². The Bertz CT molecular complexity index is 5130. The Morgan fingerprint density at radius 2 is 0.300 bits per heavy atom. The summed E-state index contributed by atoms with van der Waals surface area (Å²) >= 11 is 0. The van der Waals surface area contributed by atoms with E-state index in [0.29, 0.717) is 0 Å². The molecule has 4 aromatic carbocycles. The SMILES string of the molecule is Fc1c(F)c(F)c(-c2c3nc(c4ccc([nH]4)c(-c4c(F)c(F)c(F)c(F)c4F)c4ccc([nH]4)c(-c4c5ccc([nH]5)c(-c5c(F)c(F)c(F)c(F)c5F)c5nc(c6ccc([nH]6)c(-c6c(F)c(F)c(F)c(F)c6F)c6ccc4[nH]6)C=C5)c4ccc2[nH]4)C=C3)c(F)c1F. The van der Waals surface area contributed by atoms with E-state index >= 15 is 70.2 Å². The molecule has 2 aliphatic rings. The Morgan fingerprint density at radius 3 is 0.522 bits per heavy atom. The molecule has 0 atom stereocenters. The van der Waals surface area contributed by atoms with Crippen molar-refractivity contribution in [2.45, 2.75) is 0 Å². The molecular formula is C62H22F20N8. The minimum absolute atomic E-state index is 0.153. The lowest BCUT2D eigenvalue weighted by atomic mass is 10.0. The van der Waals surface area contributed by atoms with Crippen LogP contribution in [-0.4, -0.2) is 39.9 Å². The number of hydrogen-bond donors (Lipinski definition) is 6. The minimum Gasteiger partial charge on any atom is -0.354 e. The molecule has 0 amide bonds. The molecule has 8 nitrogen and oxygen atoms in total. The summed E-state index contributed by atoms with van der Waals surface area (Å²) in [5.41, 5.74) is -17.0. The summed E-state index contributed by atoms with van der Waals surface area (Å²) in [4.78, 5) is 25.5. The maximum absolute atomic E-state index is 16.3. The van der Waals surface area contributed by atoms with Gasteiger partial charge in [-0.15, -0.1) is 0 Å². The Balaban J connectivity index is 1.24. The molecule has 0 aliphatic carbocycles. The van der Waals surface area contributed by atoms with Crippen molar-refractivity contribution in [2.75, 3.05) is 0 Å². The summed E-state index contributed by atoms with van der Waals surface area (Å²) in [5.74, 6) is -48.7. The van der Waals surface area contributed by atoms with Crippen LogP contribution in [0.1, 0.15) is 22.8 Å². The fourth-order valence-electron chi connectivity index (χ4n) is 11.2. The van der Waals surface area contributed by atoms with E-state index in [9.17, 15) is 17.6 Å². The molecule has 16 bridgehead atoms. The van der Waals surface area contributed by atoms with E-state index in [1.54, 1.807) is 0 Å². The highest BCUT2D eigenvalue weighted by Gasteiger charge is 2.34. The van der Waals surface area contributed by atoms with Crippen LogP contribution in [0.2, 0.25) is 0 Å². The lowest BCUT2D eigenvalue weighted by Gasteiger charge is -2.10. The predicted molar refractivity (Wildman–Crippen MR) is 290 cm³/mol. The predicted octanol–water partition coefficient (Wildman–Crippen LogP) is 18.8. The first kappa shape index (κ1) is 56.7. The monoisotopic (exact) mass is 1260 g/mol. The summed E-state index contributed by atoms with van der Waals surface area (Å²) in [5, 5.41) is 0. The van der Waals surface area contributed by atoms with Gasteiger partial charge in [-0.3, -0.25) is 0 Å². The van der Waals surface area contributed by atoms with Crippen molar-refractivity contribution in [1.29, 1.82) is 0 Å². The number of aromatic amines is 6. The third-order valence-corrected chi connectivity index (χ3v) is 15.2. The molecule has 6 N–H and O–H groups in total. The first-order chi connectivity index (χ1) is 42.9.